The van der Waals surface area contributed by atoms with E-state index in [4.69, 9.17) is 27.9 Å². The second kappa shape index (κ2) is 10.6. The minimum Gasteiger partial charge on any atom is -0.487 e. The first-order valence-electron chi connectivity index (χ1n) is 9.39. The minimum atomic E-state index is -0.344. The number of nitrogens with zero attached hydrogens (tertiary/aromatic N) is 1. The smallest absolute Gasteiger partial charge is 0.264 e. The summed E-state index contributed by atoms with van der Waals surface area (Å²) in [5.74, 6) is 0.0153. The van der Waals surface area contributed by atoms with E-state index in [0.717, 1.165) is 11.1 Å². The van der Waals surface area contributed by atoms with E-state index in [1.165, 1.54) is 23.9 Å². The van der Waals surface area contributed by atoms with Gasteiger partial charge >= 0.3 is 0 Å². The number of thioether (sulfide) groups is 1. The van der Waals surface area contributed by atoms with Gasteiger partial charge in [0.05, 0.1) is 29.6 Å². The van der Waals surface area contributed by atoms with Crippen LogP contribution in [0.1, 0.15) is 11.1 Å². The number of amidine groups is 1. The Morgan fingerprint density at radius 3 is 2.39 bits per heavy atom. The zero-order chi connectivity index (χ0) is 23.5. The summed E-state index contributed by atoms with van der Waals surface area (Å²) in [5, 5.41) is 4.10. The van der Waals surface area contributed by atoms with Crippen LogP contribution in [0, 0.1) is 5.82 Å². The molecule has 0 aromatic heterocycles. The molecule has 0 aliphatic carbocycles. The zero-order valence-electron chi connectivity index (χ0n) is 16.5. The van der Waals surface area contributed by atoms with Crippen molar-refractivity contribution in [2.45, 2.75) is 6.61 Å². The zero-order valence-corrected chi connectivity index (χ0v) is 22.0. The van der Waals surface area contributed by atoms with Crippen molar-refractivity contribution in [2.75, 3.05) is 0 Å². The summed E-state index contributed by atoms with van der Waals surface area (Å²) in [6.07, 6.45) is 1.76. The normalized spacial score (nSPS) is 15.8. The molecule has 1 saturated heterocycles. The monoisotopic (exact) mass is 628 g/mol. The Morgan fingerprint density at radius 1 is 1.03 bits per heavy atom. The van der Waals surface area contributed by atoms with Crippen LogP contribution in [-0.4, -0.2) is 11.1 Å². The van der Waals surface area contributed by atoms with Crippen LogP contribution in [-0.2, 0) is 11.4 Å². The van der Waals surface area contributed by atoms with Crippen LogP contribution < -0.4 is 10.1 Å². The molecule has 0 radical (unpaired) electrons. The van der Waals surface area contributed by atoms with E-state index in [1.54, 1.807) is 30.3 Å². The maximum Gasteiger partial charge on any atom is 0.264 e. The lowest BCUT2D eigenvalue weighted by atomic mass is 10.2. The summed E-state index contributed by atoms with van der Waals surface area (Å²) in [4.78, 5) is 17.2. The summed E-state index contributed by atoms with van der Waals surface area (Å²) in [7, 11) is 0. The lowest BCUT2D eigenvalue weighted by molar-refractivity contribution is -0.115. The van der Waals surface area contributed by atoms with Gasteiger partial charge in [0.2, 0.25) is 0 Å². The molecule has 0 spiro atoms. The summed E-state index contributed by atoms with van der Waals surface area (Å²) in [6, 6.07) is 14.7. The van der Waals surface area contributed by atoms with E-state index in [1.807, 2.05) is 18.2 Å². The molecule has 4 rings (SSSR count). The number of benzene rings is 3. The maximum atomic E-state index is 13.1. The van der Waals surface area contributed by atoms with Gasteiger partial charge in [-0.2, -0.15) is 0 Å². The fourth-order valence-corrected chi connectivity index (χ4v) is 5.46. The van der Waals surface area contributed by atoms with Gasteiger partial charge in [-0.05, 0) is 109 Å². The number of hydrogen-bond donors (Lipinski definition) is 1. The predicted molar refractivity (Wildman–Crippen MR) is 140 cm³/mol. The third-order valence-corrected chi connectivity index (χ3v) is 7.22. The quantitative estimate of drug-likeness (QED) is 0.290. The van der Waals surface area contributed by atoms with Crippen LogP contribution >= 0.6 is 66.8 Å². The highest BCUT2D eigenvalue weighted by Gasteiger charge is 2.24. The summed E-state index contributed by atoms with van der Waals surface area (Å²) < 4.78 is 20.4. The fraction of sp³-hybridized carbons (Fsp3) is 0.0435. The first-order chi connectivity index (χ1) is 15.8. The van der Waals surface area contributed by atoms with E-state index < -0.39 is 0 Å². The average molecular weight is 631 g/mol. The minimum absolute atomic E-state index is 0.256. The molecule has 1 amide bonds. The molecule has 1 fully saturated rings. The van der Waals surface area contributed by atoms with Crippen molar-refractivity contribution in [2.24, 2.45) is 4.99 Å². The number of nitrogens with one attached hydrogen (secondary N) is 1. The summed E-state index contributed by atoms with van der Waals surface area (Å²) >= 11 is 20.3. The third kappa shape index (κ3) is 6.19. The van der Waals surface area contributed by atoms with E-state index in [0.29, 0.717) is 47.1 Å². The lowest BCUT2D eigenvalue weighted by Gasteiger charge is -2.12. The Morgan fingerprint density at radius 2 is 1.73 bits per heavy atom. The molecule has 1 heterocycles. The summed E-state index contributed by atoms with van der Waals surface area (Å²) in [6.45, 7) is 0.302. The van der Waals surface area contributed by atoms with Crippen molar-refractivity contribution in [3.8, 4) is 5.75 Å². The molecular weight excluding hydrogens is 618 g/mol. The van der Waals surface area contributed by atoms with E-state index >= 15 is 0 Å². The molecule has 0 bridgehead atoms. The molecule has 0 unspecified atom stereocenters. The lowest BCUT2D eigenvalue weighted by Crippen LogP contribution is -2.19. The number of ether oxygens (including phenoxy) is 1. The molecule has 1 aliphatic heterocycles. The molecule has 0 atom stereocenters. The van der Waals surface area contributed by atoms with Crippen molar-refractivity contribution in [1.29, 1.82) is 0 Å². The number of halogens is 5. The molecule has 3 aromatic carbocycles. The van der Waals surface area contributed by atoms with Crippen molar-refractivity contribution in [1.82, 2.24) is 5.32 Å². The van der Waals surface area contributed by atoms with Crippen molar-refractivity contribution >= 4 is 89.7 Å². The van der Waals surface area contributed by atoms with Gasteiger partial charge in [-0.1, -0.05) is 29.3 Å². The number of amides is 1. The second-order valence-electron chi connectivity index (χ2n) is 6.81. The third-order valence-electron chi connectivity index (χ3n) is 4.39. The van der Waals surface area contributed by atoms with Crippen LogP contribution in [0.4, 0.5) is 10.1 Å². The van der Waals surface area contributed by atoms with Crippen LogP contribution in [0.25, 0.3) is 6.08 Å². The number of aliphatic imine (C=N–C) groups is 1. The molecule has 10 heteroatoms. The van der Waals surface area contributed by atoms with Gasteiger partial charge in [0.1, 0.15) is 18.2 Å². The Kier molecular flexibility index (Phi) is 7.81. The van der Waals surface area contributed by atoms with Gasteiger partial charge in [0, 0.05) is 0 Å². The predicted octanol–water partition coefficient (Wildman–Crippen LogP) is 8.13. The van der Waals surface area contributed by atoms with E-state index in [2.05, 4.69) is 42.2 Å². The molecular formula is C23H13Br2Cl2FN2O2S. The molecule has 168 valence electrons. The number of carbonyl (C=O) groups excluding carboxylic acids is 1. The van der Waals surface area contributed by atoms with Gasteiger partial charge in [0.25, 0.3) is 5.91 Å². The van der Waals surface area contributed by atoms with Gasteiger partial charge in [0.15, 0.2) is 5.17 Å². The Labute approximate surface area is 220 Å². The van der Waals surface area contributed by atoms with Crippen molar-refractivity contribution < 1.29 is 13.9 Å². The topological polar surface area (TPSA) is 50.7 Å². The van der Waals surface area contributed by atoms with E-state index in [9.17, 15) is 9.18 Å². The summed E-state index contributed by atoms with van der Waals surface area (Å²) in [5.41, 5.74) is 2.21. The SMILES string of the molecule is O=C1NC(=Nc2ccc(F)cc2)S/C1=C/c1cc(Br)c(OCc2ccc(Cl)c(Cl)c2)c(Br)c1. The first-order valence-corrected chi connectivity index (χ1v) is 12.6. The molecule has 4 nitrogen and oxygen atoms in total. The Bertz CT molecular complexity index is 1280. The van der Waals surface area contributed by atoms with Gasteiger partial charge in [-0.25, -0.2) is 9.38 Å². The van der Waals surface area contributed by atoms with E-state index in [-0.39, 0.29) is 11.7 Å². The maximum absolute atomic E-state index is 13.1. The van der Waals surface area contributed by atoms with Crippen molar-refractivity contribution in [3.63, 3.8) is 0 Å². The number of carbonyl (C=O) groups is 1. The standard InChI is InChI=1S/C23H13Br2Cl2FN2O2S/c24-16-7-13(8-17(25)21(16)32-11-12-1-6-18(26)19(27)9-12)10-20-22(31)30-23(33-20)29-15-4-2-14(28)3-5-15/h1-10H,11H2,(H,29,30,31)/b20-10+. The van der Waals surface area contributed by atoms with Crippen LogP contribution in [0.3, 0.4) is 0 Å². The molecule has 3 aromatic rings. The number of rotatable bonds is 5. The van der Waals surface area contributed by atoms with Crippen molar-refractivity contribution in [3.05, 3.63) is 95.4 Å². The van der Waals surface area contributed by atoms with Gasteiger partial charge < -0.3 is 10.1 Å². The first kappa shape index (κ1) is 24.3. The van der Waals surface area contributed by atoms with Gasteiger partial charge in [-0.15, -0.1) is 0 Å². The molecule has 1 aliphatic rings. The van der Waals surface area contributed by atoms with Crippen LogP contribution in [0.5, 0.6) is 5.75 Å². The molecule has 0 saturated carbocycles. The largest absolute Gasteiger partial charge is 0.487 e. The van der Waals surface area contributed by atoms with Crippen LogP contribution in [0.2, 0.25) is 10.0 Å². The highest BCUT2D eigenvalue weighted by Crippen LogP contribution is 2.37. The molecule has 1 N–H and O–H groups in total. The average Bonchev–Trinajstić information content (AvgIpc) is 3.10. The molecule has 33 heavy (non-hydrogen) atoms. The highest BCUT2D eigenvalue weighted by atomic mass is 79.9. The Balaban J connectivity index is 1.49. The number of hydrogen-bond acceptors (Lipinski definition) is 4. The highest BCUT2D eigenvalue weighted by molar-refractivity contribution is 9.11. The fourth-order valence-electron chi connectivity index (χ4n) is 2.85. The van der Waals surface area contributed by atoms with Crippen LogP contribution in [0.15, 0.2) is 73.4 Å². The Hall–Kier alpha value is -1.84. The second-order valence-corrected chi connectivity index (χ2v) is 10.4. The van der Waals surface area contributed by atoms with Gasteiger partial charge in [-0.3, -0.25) is 4.79 Å².